The molecule has 4 heteroatoms. The predicted octanol–water partition coefficient (Wildman–Crippen LogP) is 3.00. The predicted molar refractivity (Wildman–Crippen MR) is 66.5 cm³/mol. The molecule has 2 atom stereocenters. The number of benzene rings is 1. The molecule has 0 amide bonds. The molecule has 0 aromatic heterocycles. The van der Waals surface area contributed by atoms with Gasteiger partial charge in [0.05, 0.1) is 16.6 Å². The Hall–Kier alpha value is -0.450. The van der Waals surface area contributed by atoms with E-state index in [2.05, 4.69) is 15.9 Å². The lowest BCUT2D eigenvalue weighted by molar-refractivity contribution is 0.0398. The maximum absolute atomic E-state index is 13.3. The van der Waals surface area contributed by atoms with Crippen molar-refractivity contribution in [3.63, 3.8) is 0 Å². The van der Waals surface area contributed by atoms with Gasteiger partial charge in [-0.3, -0.25) is 0 Å². The summed E-state index contributed by atoms with van der Waals surface area (Å²) in [6.45, 7) is 5.68. The SMILES string of the molecule is CC(C)(C)[C@@H](O)[C@@H](N)c1cccc(F)c1Br. The molecule has 0 bridgehead atoms. The van der Waals surface area contributed by atoms with Gasteiger partial charge in [0.1, 0.15) is 5.82 Å². The van der Waals surface area contributed by atoms with E-state index in [-0.39, 0.29) is 11.2 Å². The van der Waals surface area contributed by atoms with Crippen LogP contribution in [0.15, 0.2) is 22.7 Å². The van der Waals surface area contributed by atoms with Crippen LogP contribution < -0.4 is 5.73 Å². The molecule has 0 saturated heterocycles. The zero-order valence-corrected chi connectivity index (χ0v) is 11.3. The lowest BCUT2D eigenvalue weighted by atomic mass is 9.82. The molecule has 1 aromatic carbocycles. The van der Waals surface area contributed by atoms with Gasteiger partial charge in [-0.1, -0.05) is 32.9 Å². The summed E-state index contributed by atoms with van der Waals surface area (Å²) in [6, 6.07) is 4.05. The summed E-state index contributed by atoms with van der Waals surface area (Å²) < 4.78 is 13.6. The molecule has 0 aliphatic carbocycles. The third-order valence-electron chi connectivity index (χ3n) is 2.57. The Balaban J connectivity index is 3.06. The van der Waals surface area contributed by atoms with Crippen LogP contribution >= 0.6 is 15.9 Å². The second-order valence-corrected chi connectivity index (χ2v) is 5.77. The van der Waals surface area contributed by atoms with Crippen LogP contribution in [0.5, 0.6) is 0 Å². The fraction of sp³-hybridized carbons (Fsp3) is 0.500. The average molecular weight is 290 g/mol. The molecule has 2 nitrogen and oxygen atoms in total. The van der Waals surface area contributed by atoms with Crippen LogP contribution in [0, 0.1) is 11.2 Å². The number of nitrogens with two attached hydrogens (primary N) is 1. The number of aliphatic hydroxyl groups excluding tert-OH is 1. The van der Waals surface area contributed by atoms with Crippen molar-refractivity contribution < 1.29 is 9.50 Å². The third kappa shape index (κ3) is 2.81. The summed E-state index contributed by atoms with van der Waals surface area (Å²) in [7, 11) is 0. The smallest absolute Gasteiger partial charge is 0.137 e. The topological polar surface area (TPSA) is 46.2 Å². The van der Waals surface area contributed by atoms with Crippen LogP contribution in [0.3, 0.4) is 0 Å². The Morgan fingerprint density at radius 2 is 1.94 bits per heavy atom. The molecular weight excluding hydrogens is 273 g/mol. The summed E-state index contributed by atoms with van der Waals surface area (Å²) in [6.07, 6.45) is -0.731. The minimum Gasteiger partial charge on any atom is -0.391 e. The first-order valence-electron chi connectivity index (χ1n) is 5.12. The zero-order chi connectivity index (χ0) is 12.5. The molecule has 0 saturated carbocycles. The molecule has 0 heterocycles. The van der Waals surface area contributed by atoms with Gasteiger partial charge in [0.2, 0.25) is 0 Å². The van der Waals surface area contributed by atoms with E-state index in [1.807, 2.05) is 20.8 Å². The largest absolute Gasteiger partial charge is 0.391 e. The van der Waals surface area contributed by atoms with Gasteiger partial charge >= 0.3 is 0 Å². The highest BCUT2D eigenvalue weighted by Crippen LogP contribution is 2.32. The fourth-order valence-corrected chi connectivity index (χ4v) is 2.02. The average Bonchev–Trinajstić information content (AvgIpc) is 2.18. The van der Waals surface area contributed by atoms with Crippen LogP contribution in [-0.2, 0) is 0 Å². The van der Waals surface area contributed by atoms with Gasteiger partial charge in [-0.15, -0.1) is 0 Å². The van der Waals surface area contributed by atoms with Crippen LogP contribution in [0.25, 0.3) is 0 Å². The number of halogens is 2. The molecule has 0 spiro atoms. The lowest BCUT2D eigenvalue weighted by Gasteiger charge is -2.31. The van der Waals surface area contributed by atoms with E-state index >= 15 is 0 Å². The maximum Gasteiger partial charge on any atom is 0.137 e. The quantitative estimate of drug-likeness (QED) is 0.879. The lowest BCUT2D eigenvalue weighted by Crippen LogP contribution is -2.37. The summed E-state index contributed by atoms with van der Waals surface area (Å²) in [4.78, 5) is 0. The first-order valence-corrected chi connectivity index (χ1v) is 5.92. The molecule has 0 aliphatic heterocycles. The fourth-order valence-electron chi connectivity index (χ4n) is 1.49. The first-order chi connectivity index (χ1) is 7.25. The highest BCUT2D eigenvalue weighted by atomic mass is 79.9. The van der Waals surface area contributed by atoms with E-state index in [1.165, 1.54) is 6.07 Å². The Kier molecular flexibility index (Phi) is 4.10. The van der Waals surface area contributed by atoms with Crippen molar-refractivity contribution in [2.75, 3.05) is 0 Å². The van der Waals surface area contributed by atoms with Gasteiger partial charge in [0, 0.05) is 0 Å². The van der Waals surface area contributed by atoms with E-state index in [9.17, 15) is 9.50 Å². The molecule has 16 heavy (non-hydrogen) atoms. The molecular formula is C12H17BrFNO. The minimum absolute atomic E-state index is 0.325. The Labute approximate surface area is 104 Å². The van der Waals surface area contributed by atoms with E-state index < -0.39 is 12.1 Å². The van der Waals surface area contributed by atoms with E-state index in [4.69, 9.17) is 5.73 Å². The second kappa shape index (κ2) is 4.82. The molecule has 1 aromatic rings. The minimum atomic E-state index is -0.731. The number of hydrogen-bond acceptors (Lipinski definition) is 2. The van der Waals surface area contributed by atoms with Crippen molar-refractivity contribution in [1.29, 1.82) is 0 Å². The molecule has 3 N–H and O–H groups in total. The molecule has 90 valence electrons. The van der Waals surface area contributed by atoms with Crippen LogP contribution in [-0.4, -0.2) is 11.2 Å². The second-order valence-electron chi connectivity index (χ2n) is 4.98. The number of rotatable bonds is 2. The molecule has 0 fully saturated rings. The zero-order valence-electron chi connectivity index (χ0n) is 9.67. The van der Waals surface area contributed by atoms with E-state index in [0.717, 1.165) is 0 Å². The summed E-state index contributed by atoms with van der Waals surface area (Å²) >= 11 is 3.15. The van der Waals surface area contributed by atoms with Gasteiger partial charge in [-0.05, 0) is 33.0 Å². The Morgan fingerprint density at radius 3 is 2.44 bits per heavy atom. The highest BCUT2D eigenvalue weighted by Gasteiger charge is 2.30. The summed E-state index contributed by atoms with van der Waals surface area (Å²) in [5.74, 6) is -0.367. The van der Waals surface area contributed by atoms with Gasteiger partial charge in [-0.2, -0.15) is 0 Å². The van der Waals surface area contributed by atoms with Crippen LogP contribution in [0.4, 0.5) is 4.39 Å². The van der Waals surface area contributed by atoms with Crippen molar-refractivity contribution >= 4 is 15.9 Å². The highest BCUT2D eigenvalue weighted by molar-refractivity contribution is 9.10. The van der Waals surface area contributed by atoms with Gasteiger partial charge in [0.15, 0.2) is 0 Å². The van der Waals surface area contributed by atoms with Crippen molar-refractivity contribution in [3.8, 4) is 0 Å². The van der Waals surface area contributed by atoms with Crippen molar-refractivity contribution in [3.05, 3.63) is 34.1 Å². The molecule has 0 aliphatic rings. The van der Waals surface area contributed by atoms with Crippen LogP contribution in [0.2, 0.25) is 0 Å². The molecule has 0 radical (unpaired) electrons. The van der Waals surface area contributed by atoms with E-state index in [1.54, 1.807) is 12.1 Å². The van der Waals surface area contributed by atoms with Gasteiger partial charge in [0.25, 0.3) is 0 Å². The summed E-state index contributed by atoms with van der Waals surface area (Å²) in [5, 5.41) is 10.1. The van der Waals surface area contributed by atoms with Gasteiger partial charge in [-0.25, -0.2) is 4.39 Å². The maximum atomic E-state index is 13.3. The van der Waals surface area contributed by atoms with Crippen LogP contribution in [0.1, 0.15) is 32.4 Å². The summed E-state index contributed by atoms with van der Waals surface area (Å²) in [5.41, 5.74) is 6.19. The van der Waals surface area contributed by atoms with Crippen molar-refractivity contribution in [2.45, 2.75) is 32.9 Å². The first kappa shape index (κ1) is 13.6. The Morgan fingerprint density at radius 1 is 1.38 bits per heavy atom. The molecule has 1 rings (SSSR count). The monoisotopic (exact) mass is 289 g/mol. The standard InChI is InChI=1S/C12H17BrFNO/c1-12(2,3)11(16)10(15)7-5-4-6-8(14)9(7)13/h4-6,10-11,16H,15H2,1-3H3/t10-,11-/m0/s1. The number of hydrogen-bond donors (Lipinski definition) is 2. The Bertz CT molecular complexity index is 376. The number of aliphatic hydroxyl groups is 1. The van der Waals surface area contributed by atoms with Gasteiger partial charge < -0.3 is 10.8 Å². The normalized spacial score (nSPS) is 15.9. The van der Waals surface area contributed by atoms with Crippen molar-refractivity contribution in [1.82, 2.24) is 0 Å². The molecule has 0 unspecified atom stereocenters. The third-order valence-corrected chi connectivity index (χ3v) is 3.40. The van der Waals surface area contributed by atoms with E-state index in [0.29, 0.717) is 10.0 Å². The van der Waals surface area contributed by atoms with Crippen molar-refractivity contribution in [2.24, 2.45) is 11.1 Å².